The first-order chi connectivity index (χ1) is 10.9. The molecule has 0 nitrogen and oxygen atoms in total. The van der Waals surface area contributed by atoms with Crippen LogP contribution in [0.2, 0.25) is 0 Å². The standard InChI is InChI=1S/C22H17.2CH3.Ti/c1-3-10-20-18(8-1)19-9-2-4-11-21(19)22(20)17-13-12-16(14-17)15-6-5-7-15;;;/h1-4,8-13,22H,5-7H2;2*1H3;/q3*-1;+3. The van der Waals surface area contributed by atoms with Crippen LogP contribution in [0.25, 0.3) is 11.1 Å². The molecule has 0 amide bonds. The quantitative estimate of drug-likeness (QED) is 0.404. The third-order valence-electron chi connectivity index (χ3n) is 5.19. The summed E-state index contributed by atoms with van der Waals surface area (Å²) in [5, 5.41) is 0. The van der Waals surface area contributed by atoms with Gasteiger partial charge in [-0.3, -0.25) is 0 Å². The van der Waals surface area contributed by atoms with Gasteiger partial charge in [-0.05, 0) is 22.3 Å². The van der Waals surface area contributed by atoms with Gasteiger partial charge in [0, 0.05) is 5.92 Å². The van der Waals surface area contributed by atoms with Crippen molar-refractivity contribution in [2.45, 2.75) is 25.2 Å². The van der Waals surface area contributed by atoms with Crippen molar-refractivity contribution in [1.29, 1.82) is 0 Å². The Balaban J connectivity index is 0.000000751. The molecule has 1 radical (unpaired) electrons. The fourth-order valence-electron chi connectivity index (χ4n) is 3.90. The molecule has 0 bridgehead atoms. The summed E-state index contributed by atoms with van der Waals surface area (Å²) in [6, 6.07) is 17.6. The van der Waals surface area contributed by atoms with Gasteiger partial charge < -0.3 is 14.9 Å². The molecule has 1 fully saturated rings. The molecule has 2 aromatic carbocycles. The average Bonchev–Trinajstić information content (AvgIpc) is 3.08. The van der Waals surface area contributed by atoms with Gasteiger partial charge in [0.1, 0.15) is 0 Å². The van der Waals surface area contributed by atoms with Gasteiger partial charge in [0.15, 0.2) is 0 Å². The minimum atomic E-state index is 0. The fraction of sp³-hybridized carbons (Fsp3) is 0.167. The number of rotatable bonds is 1. The van der Waals surface area contributed by atoms with Crippen molar-refractivity contribution in [1.82, 2.24) is 0 Å². The van der Waals surface area contributed by atoms with E-state index in [0.717, 1.165) is 0 Å². The van der Waals surface area contributed by atoms with Crippen LogP contribution in [0.4, 0.5) is 0 Å². The molecule has 0 spiro atoms. The normalized spacial score (nSPS) is 16.7. The summed E-state index contributed by atoms with van der Waals surface area (Å²) < 4.78 is 0. The molecule has 5 rings (SSSR count). The van der Waals surface area contributed by atoms with Crippen LogP contribution in [0.15, 0.2) is 77.4 Å². The molecule has 0 atom stereocenters. The molecule has 3 aliphatic rings. The number of allylic oxidation sites excluding steroid dienone is 6. The first-order valence-corrected chi connectivity index (χ1v) is 8.14. The molecule has 1 heteroatoms. The Labute approximate surface area is 167 Å². The zero-order valence-corrected chi connectivity index (χ0v) is 16.5. The smallest absolute Gasteiger partial charge is 0.358 e. The minimum absolute atomic E-state index is 0. The molecule has 3 aliphatic carbocycles. The zero-order valence-electron chi connectivity index (χ0n) is 15.0. The van der Waals surface area contributed by atoms with Crippen molar-refractivity contribution in [3.8, 4) is 11.1 Å². The molecule has 2 aromatic rings. The largest absolute Gasteiger partial charge is 3.00 e. The van der Waals surface area contributed by atoms with Gasteiger partial charge in [-0.15, -0.1) is 17.2 Å². The Morgan fingerprint density at radius 3 is 1.84 bits per heavy atom. The van der Waals surface area contributed by atoms with E-state index in [9.17, 15) is 0 Å². The molecule has 0 unspecified atom stereocenters. The summed E-state index contributed by atoms with van der Waals surface area (Å²) in [4.78, 5) is 0. The minimum Gasteiger partial charge on any atom is -0.358 e. The van der Waals surface area contributed by atoms with Crippen molar-refractivity contribution in [3.63, 3.8) is 0 Å². The Kier molecular flexibility index (Phi) is 6.09. The maximum Gasteiger partial charge on any atom is 3.00 e. The Hall–Kier alpha value is -1.63. The third-order valence-corrected chi connectivity index (χ3v) is 5.19. The van der Waals surface area contributed by atoms with Gasteiger partial charge in [-0.1, -0.05) is 67.8 Å². The molecule has 1 saturated carbocycles. The fourth-order valence-corrected chi connectivity index (χ4v) is 3.90. The first kappa shape index (κ1) is 19.7. The second kappa shape index (κ2) is 7.73. The van der Waals surface area contributed by atoms with Crippen LogP contribution in [0.3, 0.4) is 0 Å². The maximum atomic E-state index is 3.70. The molecule has 0 aliphatic heterocycles. The van der Waals surface area contributed by atoms with E-state index in [4.69, 9.17) is 0 Å². The van der Waals surface area contributed by atoms with E-state index < -0.39 is 0 Å². The van der Waals surface area contributed by atoms with Crippen molar-refractivity contribution < 1.29 is 21.7 Å². The number of hydrogen-bond donors (Lipinski definition) is 0. The summed E-state index contributed by atoms with van der Waals surface area (Å²) in [5.74, 6) is 0.349. The number of benzene rings is 2. The zero-order chi connectivity index (χ0) is 14.5. The van der Waals surface area contributed by atoms with E-state index in [1.54, 1.807) is 5.57 Å². The topological polar surface area (TPSA) is 0 Å². The summed E-state index contributed by atoms with van der Waals surface area (Å²) >= 11 is 0. The van der Waals surface area contributed by atoms with Crippen LogP contribution < -0.4 is 0 Å². The van der Waals surface area contributed by atoms with Crippen LogP contribution in [0.1, 0.15) is 36.3 Å². The van der Waals surface area contributed by atoms with E-state index in [0.29, 0.717) is 5.92 Å². The van der Waals surface area contributed by atoms with Crippen LogP contribution in [0.5, 0.6) is 0 Å². The van der Waals surface area contributed by atoms with Gasteiger partial charge in [0.2, 0.25) is 0 Å². The predicted octanol–water partition coefficient (Wildman–Crippen LogP) is 6.48. The van der Waals surface area contributed by atoms with Crippen LogP contribution in [-0.2, 0) is 21.7 Å². The van der Waals surface area contributed by atoms with E-state index in [1.807, 2.05) is 0 Å². The number of hydrogen-bond acceptors (Lipinski definition) is 0. The van der Waals surface area contributed by atoms with E-state index in [-0.39, 0.29) is 36.6 Å². The molecule has 25 heavy (non-hydrogen) atoms. The van der Waals surface area contributed by atoms with E-state index in [1.165, 1.54) is 52.7 Å². The van der Waals surface area contributed by atoms with Crippen LogP contribution in [0, 0.1) is 20.9 Å². The molecule has 0 heterocycles. The van der Waals surface area contributed by atoms with Gasteiger partial charge in [-0.2, -0.15) is 17.7 Å². The predicted molar refractivity (Wildman–Crippen MR) is 103 cm³/mol. The Morgan fingerprint density at radius 1 is 0.760 bits per heavy atom. The Morgan fingerprint density at radius 2 is 1.32 bits per heavy atom. The van der Waals surface area contributed by atoms with Gasteiger partial charge in [0.25, 0.3) is 0 Å². The second-order valence-corrected chi connectivity index (χ2v) is 6.39. The SMILES string of the molecule is [C-]1=C(C2c3ccccc3-c3ccccc32)C=CC1=C1CCC1.[CH3-].[CH3-].[Ti+3]. The van der Waals surface area contributed by atoms with Crippen LogP contribution in [-0.4, -0.2) is 0 Å². The average molecular weight is 359 g/mol. The first-order valence-electron chi connectivity index (χ1n) is 8.14. The summed E-state index contributed by atoms with van der Waals surface area (Å²) in [7, 11) is 0. The van der Waals surface area contributed by atoms with Gasteiger partial charge in [0.05, 0.1) is 0 Å². The summed E-state index contributed by atoms with van der Waals surface area (Å²) in [6.45, 7) is 0. The van der Waals surface area contributed by atoms with Crippen molar-refractivity contribution >= 4 is 0 Å². The van der Waals surface area contributed by atoms with Crippen molar-refractivity contribution in [2.75, 3.05) is 0 Å². The molecular weight excluding hydrogens is 336 g/mol. The molecular formula is C24H23Ti. The van der Waals surface area contributed by atoms with E-state index >= 15 is 0 Å². The number of fused-ring (bicyclic) bond motifs is 3. The van der Waals surface area contributed by atoms with E-state index in [2.05, 4.69) is 66.8 Å². The Bertz CT molecular complexity index is 816. The molecule has 0 N–H and O–H groups in total. The molecule has 123 valence electrons. The summed E-state index contributed by atoms with van der Waals surface area (Å²) in [6.07, 6.45) is 12.1. The van der Waals surface area contributed by atoms with Gasteiger partial charge in [-0.25, -0.2) is 0 Å². The monoisotopic (exact) mass is 359 g/mol. The maximum absolute atomic E-state index is 3.70. The second-order valence-electron chi connectivity index (χ2n) is 6.39. The molecule has 0 saturated heterocycles. The van der Waals surface area contributed by atoms with Crippen molar-refractivity contribution in [3.05, 3.63) is 109 Å². The third kappa shape index (κ3) is 3.03. The summed E-state index contributed by atoms with van der Waals surface area (Å²) in [5.41, 5.74) is 9.89. The molecule has 0 aromatic heterocycles. The van der Waals surface area contributed by atoms with Gasteiger partial charge >= 0.3 is 21.7 Å². The van der Waals surface area contributed by atoms with Crippen LogP contribution >= 0.6 is 0 Å². The van der Waals surface area contributed by atoms with Crippen molar-refractivity contribution in [2.24, 2.45) is 0 Å².